The predicted octanol–water partition coefficient (Wildman–Crippen LogP) is 11.4. The summed E-state index contributed by atoms with van der Waals surface area (Å²) >= 11 is 0. The number of rotatable bonds is 13. The minimum Gasteiger partial charge on any atom is -0.489 e. The normalized spacial score (nSPS) is 14.5. The lowest BCUT2D eigenvalue weighted by molar-refractivity contribution is -0.384. The van der Waals surface area contributed by atoms with Crippen molar-refractivity contribution in [3.05, 3.63) is 202 Å². The van der Waals surface area contributed by atoms with Crippen LogP contribution in [-0.4, -0.2) is 34.0 Å². The van der Waals surface area contributed by atoms with E-state index in [1.807, 2.05) is 123 Å². The molecular weight excluding hydrogens is 941 g/mol. The number of nitro groups is 1. The van der Waals surface area contributed by atoms with Gasteiger partial charge in [-0.05, 0) is 110 Å². The lowest BCUT2D eigenvalue weighted by atomic mass is 10.1. The Morgan fingerprint density at radius 3 is 1.47 bits per heavy atom. The molecule has 0 amide bonds. The summed E-state index contributed by atoms with van der Waals surface area (Å²) in [4.78, 5) is 28.0. The molecule has 0 spiro atoms. The van der Waals surface area contributed by atoms with Gasteiger partial charge >= 0.3 is 0 Å². The second-order valence-corrected chi connectivity index (χ2v) is 17.6. The minimum atomic E-state index is -0.424. The fourth-order valence-corrected chi connectivity index (χ4v) is 9.32. The maximum absolute atomic E-state index is 11.0. The molecule has 2 atom stereocenters. The molecular formula is C56H48N10O8. The Balaban J connectivity index is 0.000000159. The van der Waals surface area contributed by atoms with Crippen molar-refractivity contribution in [2.45, 2.75) is 52.5 Å². The molecule has 0 aliphatic carbocycles. The Morgan fingerprint density at radius 2 is 1.00 bits per heavy atom. The number of nitro benzene ring substituents is 1. The number of non-ortho nitro benzene ring substituents is 1. The van der Waals surface area contributed by atoms with Gasteiger partial charge in [0.25, 0.3) is 5.69 Å². The summed E-state index contributed by atoms with van der Waals surface area (Å²) in [5, 5.41) is 11.0. The van der Waals surface area contributed by atoms with E-state index in [9.17, 15) is 10.1 Å². The number of nitrogen functional groups attached to an aromatic ring is 3. The lowest BCUT2D eigenvalue weighted by Crippen LogP contribution is -2.03. The number of hydrogen-bond donors (Lipinski definition) is 3. The molecule has 0 fully saturated rings. The maximum atomic E-state index is 11.0. The quantitative estimate of drug-likeness (QED) is 0.0553. The summed E-state index contributed by atoms with van der Waals surface area (Å²) in [6.45, 7) is 5.61. The van der Waals surface area contributed by atoms with Gasteiger partial charge in [-0.2, -0.15) is 0 Å². The van der Waals surface area contributed by atoms with Gasteiger partial charge in [-0.25, -0.2) is 19.9 Å². The summed E-state index contributed by atoms with van der Waals surface area (Å²) in [7, 11) is 0. The van der Waals surface area contributed by atoms with Crippen molar-refractivity contribution in [1.82, 2.24) is 29.1 Å². The van der Waals surface area contributed by atoms with Crippen molar-refractivity contribution < 1.29 is 33.3 Å². The largest absolute Gasteiger partial charge is 0.489 e. The monoisotopic (exact) mass is 988 g/mol. The second-order valence-electron chi connectivity index (χ2n) is 17.6. The van der Waals surface area contributed by atoms with Gasteiger partial charge in [0.15, 0.2) is 11.6 Å². The van der Waals surface area contributed by atoms with E-state index in [1.54, 1.807) is 24.3 Å². The van der Waals surface area contributed by atoms with Crippen molar-refractivity contribution in [2.75, 3.05) is 17.2 Å². The summed E-state index contributed by atoms with van der Waals surface area (Å²) in [5.41, 5.74) is 30.0. The molecule has 0 saturated heterocycles. The highest BCUT2D eigenvalue weighted by Gasteiger charge is 2.32. The first-order valence-corrected chi connectivity index (χ1v) is 23.6. The average molecular weight is 989 g/mol. The molecule has 74 heavy (non-hydrogen) atoms. The van der Waals surface area contributed by atoms with Gasteiger partial charge in [0.2, 0.25) is 0 Å². The summed E-state index contributed by atoms with van der Waals surface area (Å²) < 4.78 is 39.8. The molecule has 6 aromatic carbocycles. The first-order chi connectivity index (χ1) is 36.0. The van der Waals surface area contributed by atoms with Gasteiger partial charge in [0, 0.05) is 52.5 Å². The zero-order chi connectivity index (χ0) is 50.9. The van der Waals surface area contributed by atoms with Crippen molar-refractivity contribution >= 4 is 45.1 Å². The summed E-state index contributed by atoms with van der Waals surface area (Å²) in [6.07, 6.45) is 2.86. The van der Waals surface area contributed by atoms with E-state index in [0.717, 1.165) is 61.5 Å². The fraction of sp³-hybridized carbons (Fsp3) is 0.143. The topological polar surface area (TPSA) is 238 Å². The molecule has 6 N–H and O–H groups in total. The third kappa shape index (κ3) is 9.40. The third-order valence-electron chi connectivity index (χ3n) is 12.7. The van der Waals surface area contributed by atoms with E-state index < -0.39 is 4.92 Å². The maximum Gasteiger partial charge on any atom is 0.269 e. The van der Waals surface area contributed by atoms with Gasteiger partial charge in [-0.3, -0.25) is 10.1 Å². The van der Waals surface area contributed by atoms with Crippen molar-refractivity contribution in [2.24, 2.45) is 0 Å². The first kappa shape index (κ1) is 46.8. The SMILES string of the molecule is CC1OCc2c1c1ncnc(N)c1n2-c1ccc(Oc2cccc(OCc3cccc(N)c3)c2)cc1.CC1OCc2c1c1ncnc(N)c1n2-c1ccc(Oc2cccc(OCc3cccc([N+](=O)[O-])c3)c2)cc1. The fourth-order valence-electron chi connectivity index (χ4n) is 9.32. The van der Waals surface area contributed by atoms with Crippen molar-refractivity contribution in [3.63, 3.8) is 0 Å². The molecule has 0 bridgehead atoms. The Hall–Kier alpha value is -9.52. The minimum absolute atomic E-state index is 0.0294. The molecule has 18 nitrogen and oxygen atoms in total. The van der Waals surface area contributed by atoms with Crippen LogP contribution in [0.3, 0.4) is 0 Å². The van der Waals surface area contributed by atoms with Gasteiger partial charge in [-0.1, -0.05) is 36.4 Å². The number of ether oxygens (including phenoxy) is 6. The van der Waals surface area contributed by atoms with Gasteiger partial charge in [0.1, 0.15) is 82.4 Å². The van der Waals surface area contributed by atoms with Crippen LogP contribution in [-0.2, 0) is 35.9 Å². The van der Waals surface area contributed by atoms with Crippen LogP contribution in [0.4, 0.5) is 23.0 Å². The third-order valence-corrected chi connectivity index (χ3v) is 12.7. The van der Waals surface area contributed by atoms with Gasteiger partial charge < -0.3 is 54.8 Å². The highest BCUT2D eigenvalue weighted by molar-refractivity contribution is 5.92. The van der Waals surface area contributed by atoms with Gasteiger partial charge in [0.05, 0.1) is 41.7 Å². The average Bonchev–Trinajstić information content (AvgIpc) is 4.21. The zero-order valence-corrected chi connectivity index (χ0v) is 40.1. The van der Waals surface area contributed by atoms with Crippen LogP contribution in [0.2, 0.25) is 0 Å². The molecule has 2 unspecified atom stereocenters. The molecule has 6 heterocycles. The van der Waals surface area contributed by atoms with Crippen LogP contribution >= 0.6 is 0 Å². The number of benzene rings is 6. The van der Waals surface area contributed by atoms with E-state index >= 15 is 0 Å². The van der Waals surface area contributed by atoms with E-state index in [0.29, 0.717) is 77.2 Å². The van der Waals surface area contributed by atoms with Crippen LogP contribution in [0.5, 0.6) is 34.5 Å². The smallest absolute Gasteiger partial charge is 0.269 e. The van der Waals surface area contributed by atoms with Gasteiger partial charge in [-0.15, -0.1) is 0 Å². The number of fused-ring (bicyclic) bond motifs is 6. The second kappa shape index (κ2) is 19.9. The van der Waals surface area contributed by atoms with Crippen molar-refractivity contribution in [1.29, 1.82) is 0 Å². The Morgan fingerprint density at radius 1 is 0.554 bits per heavy atom. The molecule has 370 valence electrons. The predicted molar refractivity (Wildman–Crippen MR) is 279 cm³/mol. The van der Waals surface area contributed by atoms with E-state index in [1.165, 1.54) is 24.8 Å². The molecule has 10 aromatic rings. The van der Waals surface area contributed by atoms with Crippen LogP contribution in [0.1, 0.15) is 59.7 Å². The molecule has 0 radical (unpaired) electrons. The molecule has 0 saturated carbocycles. The Labute approximate surface area is 423 Å². The van der Waals surface area contributed by atoms with Crippen LogP contribution in [0.15, 0.2) is 158 Å². The summed E-state index contributed by atoms with van der Waals surface area (Å²) in [5.74, 6) is 4.78. The first-order valence-electron chi connectivity index (χ1n) is 23.6. The number of anilines is 3. The van der Waals surface area contributed by atoms with E-state index in [-0.39, 0.29) is 24.5 Å². The Bertz CT molecular complexity index is 3710. The van der Waals surface area contributed by atoms with Crippen LogP contribution in [0.25, 0.3) is 33.4 Å². The molecule has 2 aliphatic heterocycles. The number of nitrogens with two attached hydrogens (primary N) is 3. The lowest BCUT2D eigenvalue weighted by Gasteiger charge is -2.12. The van der Waals surface area contributed by atoms with E-state index in [4.69, 9.17) is 45.6 Å². The van der Waals surface area contributed by atoms with Crippen LogP contribution in [0, 0.1) is 10.1 Å². The summed E-state index contributed by atoms with van der Waals surface area (Å²) in [6, 6.07) is 44.3. The molecule has 2 aliphatic rings. The standard InChI is InChI=1S/C28H23N5O5.C28H25N5O3/c1-17-25-24(15-36-17)32(27-26(25)30-16-31-28(27)29)19-8-10-21(11-9-19)38-23-7-3-6-22(13-23)37-14-18-4-2-5-20(12-18)33(34)35;1-17-25-24(15-34-17)33(27-26(25)31-16-32-28(27)30)20-8-10-21(11-9-20)36-23-7-3-6-22(13-23)35-14-18-4-2-5-19(29)12-18/h2-13,16-17H,14-15H2,1H3,(H2,29,30,31);2-13,16-17H,14-15,29H2,1H3,(H2,30,31,32). The zero-order valence-electron chi connectivity index (χ0n) is 40.1. The highest BCUT2D eigenvalue weighted by atomic mass is 16.6. The Kier molecular flexibility index (Phi) is 12.6. The number of nitrogens with zero attached hydrogens (tertiary/aromatic N) is 7. The number of hydrogen-bond acceptors (Lipinski definition) is 15. The highest BCUT2D eigenvalue weighted by Crippen LogP contribution is 2.43. The van der Waals surface area contributed by atoms with E-state index in [2.05, 4.69) is 29.1 Å². The molecule has 18 heteroatoms. The van der Waals surface area contributed by atoms with Crippen LogP contribution < -0.4 is 36.1 Å². The molecule has 12 rings (SSSR count). The van der Waals surface area contributed by atoms with Crippen molar-refractivity contribution in [3.8, 4) is 45.9 Å². The number of aromatic nitrogens is 6. The molecule has 4 aromatic heterocycles.